The molecule has 2 amide bonds. The monoisotopic (exact) mass is 368 g/mol. The fourth-order valence-corrected chi connectivity index (χ4v) is 5.17. The summed E-state index contributed by atoms with van der Waals surface area (Å²) in [6.07, 6.45) is 6.30. The van der Waals surface area contributed by atoms with Crippen LogP contribution >= 0.6 is 0 Å². The summed E-state index contributed by atoms with van der Waals surface area (Å²) in [5, 5.41) is 4.75. The van der Waals surface area contributed by atoms with Crippen LogP contribution in [0.1, 0.15) is 50.2 Å². The number of rotatable bonds is 5. The minimum Gasteiger partial charge on any atom is -0.361 e. The van der Waals surface area contributed by atoms with Crippen LogP contribution in [0.4, 0.5) is 4.79 Å². The van der Waals surface area contributed by atoms with Crippen molar-refractivity contribution in [2.24, 2.45) is 0 Å². The number of urea groups is 1. The zero-order valence-corrected chi connectivity index (χ0v) is 16.8. The Balaban J connectivity index is 1.54. The van der Waals surface area contributed by atoms with Crippen LogP contribution in [0, 0.1) is 0 Å². The van der Waals surface area contributed by atoms with Gasteiger partial charge in [0.2, 0.25) is 0 Å². The Morgan fingerprint density at radius 3 is 2.81 bits per heavy atom. The van der Waals surface area contributed by atoms with Gasteiger partial charge in [0, 0.05) is 54.7 Å². The fraction of sp³-hybridized carbons (Fsp3) is 0.591. The molecule has 27 heavy (non-hydrogen) atoms. The number of hydrogen-bond acceptors (Lipinski definition) is 2. The van der Waals surface area contributed by atoms with E-state index in [0.717, 1.165) is 45.3 Å². The van der Waals surface area contributed by atoms with E-state index in [0.29, 0.717) is 12.0 Å². The molecule has 1 aliphatic carbocycles. The van der Waals surface area contributed by atoms with Crippen LogP contribution in [0.2, 0.25) is 0 Å². The number of aromatic amines is 1. The minimum atomic E-state index is 0.104. The Kier molecular flexibility index (Phi) is 5.13. The molecule has 1 aromatic carbocycles. The predicted octanol–water partition coefficient (Wildman–Crippen LogP) is 3.71. The normalized spacial score (nSPS) is 24.6. The SMILES string of the molecule is CCCN(CCC)C(=O)N[C@H]1CC2c3cccc4[nH]cc(c34)C[C@H]2N(C)C1. The molecule has 2 aliphatic rings. The molecule has 2 N–H and O–H groups in total. The van der Waals surface area contributed by atoms with Gasteiger partial charge in [0.25, 0.3) is 0 Å². The van der Waals surface area contributed by atoms with E-state index in [2.05, 4.69) is 60.5 Å². The second-order valence-electron chi connectivity index (χ2n) is 8.27. The first kappa shape index (κ1) is 18.4. The number of likely N-dealkylation sites (tertiary alicyclic amines) is 1. The van der Waals surface area contributed by atoms with E-state index in [4.69, 9.17) is 0 Å². The first-order chi connectivity index (χ1) is 13.1. The smallest absolute Gasteiger partial charge is 0.317 e. The molecular formula is C22H32N4O. The third-order valence-corrected chi connectivity index (χ3v) is 6.33. The molecule has 5 nitrogen and oxygen atoms in total. The molecule has 1 fully saturated rings. The van der Waals surface area contributed by atoms with Crippen molar-refractivity contribution in [3.63, 3.8) is 0 Å². The lowest BCUT2D eigenvalue weighted by molar-refractivity contribution is 0.123. The standard InChI is InChI=1S/C22H32N4O/c1-4-9-26(10-5-2)22(27)24-16-12-18-17-7-6-8-19-21(17)15(13-23-19)11-20(18)25(3)14-16/h6-8,13,16,18,20,23H,4-5,9-12,14H2,1-3H3,(H,24,27)/t16-,18?,20+/m0/s1. The number of hydrogen-bond donors (Lipinski definition) is 2. The van der Waals surface area contributed by atoms with E-state index in [-0.39, 0.29) is 12.1 Å². The summed E-state index contributed by atoms with van der Waals surface area (Å²) in [5.74, 6) is 0.479. The van der Waals surface area contributed by atoms with Crippen LogP contribution < -0.4 is 5.32 Å². The number of nitrogens with one attached hydrogen (secondary N) is 2. The second kappa shape index (κ2) is 7.55. The maximum atomic E-state index is 12.8. The van der Waals surface area contributed by atoms with Crippen LogP contribution in [0.3, 0.4) is 0 Å². The van der Waals surface area contributed by atoms with Gasteiger partial charge in [-0.15, -0.1) is 0 Å². The molecule has 0 spiro atoms. The van der Waals surface area contributed by atoms with E-state index in [9.17, 15) is 4.79 Å². The molecule has 4 rings (SSSR count). The average molecular weight is 369 g/mol. The summed E-state index contributed by atoms with van der Waals surface area (Å²) in [4.78, 5) is 20.7. The lowest BCUT2D eigenvalue weighted by Crippen LogP contribution is -2.56. The molecule has 2 aromatic rings. The third-order valence-electron chi connectivity index (χ3n) is 6.33. The van der Waals surface area contributed by atoms with E-state index in [1.54, 1.807) is 0 Å². The summed E-state index contributed by atoms with van der Waals surface area (Å²) in [6, 6.07) is 7.45. The number of carbonyl (C=O) groups is 1. The Labute approximate surface area is 162 Å². The van der Waals surface area contributed by atoms with Crippen molar-refractivity contribution in [2.75, 3.05) is 26.7 Å². The number of nitrogens with zero attached hydrogens (tertiary/aromatic N) is 2. The molecule has 3 atom stereocenters. The highest BCUT2D eigenvalue weighted by molar-refractivity contribution is 5.88. The summed E-state index contributed by atoms with van der Waals surface area (Å²) < 4.78 is 0. The van der Waals surface area contributed by atoms with Crippen molar-refractivity contribution in [2.45, 2.75) is 57.5 Å². The molecule has 1 aliphatic heterocycles. The van der Waals surface area contributed by atoms with Gasteiger partial charge in [0.15, 0.2) is 0 Å². The molecule has 2 heterocycles. The highest BCUT2D eigenvalue weighted by Crippen LogP contribution is 2.42. The average Bonchev–Trinajstić information content (AvgIpc) is 3.07. The Bertz CT molecular complexity index is 808. The van der Waals surface area contributed by atoms with E-state index >= 15 is 0 Å². The van der Waals surface area contributed by atoms with Crippen molar-refractivity contribution in [3.05, 3.63) is 35.5 Å². The molecule has 1 saturated heterocycles. The van der Waals surface area contributed by atoms with Gasteiger partial charge in [0.05, 0.1) is 0 Å². The van der Waals surface area contributed by atoms with Gasteiger partial charge in [-0.1, -0.05) is 26.0 Å². The lowest BCUT2D eigenvalue weighted by Gasteiger charge is -2.46. The van der Waals surface area contributed by atoms with Gasteiger partial charge in [-0.2, -0.15) is 0 Å². The van der Waals surface area contributed by atoms with Gasteiger partial charge >= 0.3 is 6.03 Å². The summed E-state index contributed by atoms with van der Waals surface area (Å²) in [7, 11) is 2.21. The molecule has 1 unspecified atom stereocenters. The topological polar surface area (TPSA) is 51.4 Å². The van der Waals surface area contributed by atoms with Crippen molar-refractivity contribution >= 4 is 16.9 Å². The van der Waals surface area contributed by atoms with Gasteiger partial charge in [0.1, 0.15) is 0 Å². The number of carbonyl (C=O) groups excluding carboxylic acids is 1. The van der Waals surface area contributed by atoms with Crippen LogP contribution in [0.15, 0.2) is 24.4 Å². The molecule has 5 heteroatoms. The number of amides is 2. The predicted molar refractivity (Wildman–Crippen MR) is 110 cm³/mol. The van der Waals surface area contributed by atoms with Gasteiger partial charge in [-0.3, -0.25) is 0 Å². The number of benzene rings is 1. The zero-order chi connectivity index (χ0) is 19.0. The van der Waals surface area contributed by atoms with Crippen LogP contribution in [0.5, 0.6) is 0 Å². The van der Waals surface area contributed by atoms with Gasteiger partial charge in [-0.05, 0) is 49.9 Å². The Morgan fingerprint density at radius 1 is 1.30 bits per heavy atom. The van der Waals surface area contributed by atoms with Crippen molar-refractivity contribution in [1.29, 1.82) is 0 Å². The van der Waals surface area contributed by atoms with Crippen LogP contribution in [-0.2, 0) is 6.42 Å². The van der Waals surface area contributed by atoms with E-state index in [1.165, 1.54) is 22.0 Å². The molecular weight excluding hydrogens is 336 g/mol. The number of fused-ring (bicyclic) bond motifs is 2. The largest absolute Gasteiger partial charge is 0.361 e. The zero-order valence-electron chi connectivity index (χ0n) is 16.8. The molecule has 1 aromatic heterocycles. The van der Waals surface area contributed by atoms with Gasteiger partial charge in [-0.25, -0.2) is 4.79 Å². The highest BCUT2D eigenvalue weighted by Gasteiger charge is 2.39. The first-order valence-corrected chi connectivity index (χ1v) is 10.5. The van der Waals surface area contributed by atoms with E-state index in [1.807, 2.05) is 4.90 Å². The summed E-state index contributed by atoms with van der Waals surface area (Å²) in [5.41, 5.74) is 4.13. The summed E-state index contributed by atoms with van der Waals surface area (Å²) in [6.45, 7) is 6.85. The molecule has 0 radical (unpaired) electrons. The van der Waals surface area contributed by atoms with Crippen molar-refractivity contribution in [3.8, 4) is 0 Å². The number of aromatic nitrogens is 1. The molecule has 146 valence electrons. The molecule has 0 saturated carbocycles. The Morgan fingerprint density at radius 2 is 2.07 bits per heavy atom. The number of likely N-dealkylation sites (N-methyl/N-ethyl adjacent to an activating group) is 1. The maximum Gasteiger partial charge on any atom is 0.317 e. The van der Waals surface area contributed by atoms with E-state index < -0.39 is 0 Å². The highest BCUT2D eigenvalue weighted by atomic mass is 16.2. The van der Waals surface area contributed by atoms with Crippen LogP contribution in [-0.4, -0.2) is 59.6 Å². The minimum absolute atomic E-state index is 0.104. The lowest BCUT2D eigenvalue weighted by atomic mass is 9.74. The molecule has 0 bridgehead atoms. The van der Waals surface area contributed by atoms with Crippen molar-refractivity contribution in [1.82, 2.24) is 20.1 Å². The van der Waals surface area contributed by atoms with Gasteiger partial charge < -0.3 is 20.1 Å². The number of H-pyrrole nitrogens is 1. The fourth-order valence-electron chi connectivity index (χ4n) is 5.17. The summed E-state index contributed by atoms with van der Waals surface area (Å²) >= 11 is 0. The van der Waals surface area contributed by atoms with Crippen molar-refractivity contribution < 1.29 is 4.79 Å². The Hall–Kier alpha value is -2.01. The third kappa shape index (κ3) is 3.33. The quantitative estimate of drug-likeness (QED) is 0.845. The first-order valence-electron chi connectivity index (χ1n) is 10.5. The second-order valence-corrected chi connectivity index (χ2v) is 8.27. The number of piperidine rings is 1. The van der Waals surface area contributed by atoms with Crippen LogP contribution in [0.25, 0.3) is 10.9 Å². The maximum absolute atomic E-state index is 12.8.